The van der Waals surface area contributed by atoms with Gasteiger partial charge in [0, 0.05) is 29.5 Å². The van der Waals surface area contributed by atoms with E-state index in [9.17, 15) is 14.4 Å². The number of likely N-dealkylation sites (N-methyl/N-ethyl adjacent to an activating group) is 1. The third kappa shape index (κ3) is 5.06. The number of nitrogens with one attached hydrogen (secondary N) is 1. The van der Waals surface area contributed by atoms with Crippen molar-refractivity contribution in [2.24, 2.45) is 5.92 Å². The van der Waals surface area contributed by atoms with E-state index in [1.165, 1.54) is 4.90 Å². The zero-order valence-electron chi connectivity index (χ0n) is 15.7. The van der Waals surface area contributed by atoms with Crippen LogP contribution < -0.4 is 10.2 Å². The van der Waals surface area contributed by atoms with Gasteiger partial charge in [-0.05, 0) is 55.8 Å². The Labute approximate surface area is 163 Å². The lowest BCUT2D eigenvalue weighted by atomic mass is 10.1. The summed E-state index contributed by atoms with van der Waals surface area (Å²) in [5.41, 5.74) is 0.417. The van der Waals surface area contributed by atoms with Crippen LogP contribution in [0.1, 0.15) is 34.1 Å². The molecule has 7 heteroatoms. The van der Waals surface area contributed by atoms with E-state index >= 15 is 0 Å². The molecule has 3 amide bonds. The van der Waals surface area contributed by atoms with E-state index in [1.54, 1.807) is 4.90 Å². The standard InChI is InChI=1S/C19H26BrN3O3/c1-5-22(12-16(24)21-19(2,3)4)18(26)13-10-17(25)23(11-13)15-9-7-6-8-14(15)20/h6-9,13H,5,10-12H2,1-4H3,(H,21,24). The van der Waals surface area contributed by atoms with E-state index in [-0.39, 0.29) is 36.2 Å². The van der Waals surface area contributed by atoms with Gasteiger partial charge in [0.25, 0.3) is 0 Å². The average Bonchev–Trinajstić information content (AvgIpc) is 2.92. The fourth-order valence-electron chi connectivity index (χ4n) is 3.01. The quantitative estimate of drug-likeness (QED) is 0.790. The van der Waals surface area contributed by atoms with Gasteiger partial charge in [-0.1, -0.05) is 12.1 Å². The first-order valence-corrected chi connectivity index (χ1v) is 9.56. The molecule has 1 aromatic rings. The SMILES string of the molecule is CCN(CC(=O)NC(C)(C)C)C(=O)C1CC(=O)N(c2ccccc2Br)C1. The maximum atomic E-state index is 12.8. The minimum Gasteiger partial charge on any atom is -0.350 e. The van der Waals surface area contributed by atoms with Crippen LogP contribution in [-0.2, 0) is 14.4 Å². The fraction of sp³-hybridized carbons (Fsp3) is 0.526. The second-order valence-electron chi connectivity index (χ2n) is 7.51. The molecule has 1 atom stereocenters. The first-order chi connectivity index (χ1) is 12.1. The van der Waals surface area contributed by atoms with E-state index in [4.69, 9.17) is 0 Å². The number of nitrogens with zero attached hydrogens (tertiary/aromatic N) is 2. The minimum absolute atomic E-state index is 0.00628. The first-order valence-electron chi connectivity index (χ1n) is 8.77. The predicted molar refractivity (Wildman–Crippen MR) is 105 cm³/mol. The second-order valence-corrected chi connectivity index (χ2v) is 8.36. The van der Waals surface area contributed by atoms with Gasteiger partial charge in [-0.2, -0.15) is 0 Å². The van der Waals surface area contributed by atoms with Crippen LogP contribution in [0, 0.1) is 5.92 Å². The summed E-state index contributed by atoms with van der Waals surface area (Å²) >= 11 is 3.45. The lowest BCUT2D eigenvalue weighted by Gasteiger charge is -2.26. The van der Waals surface area contributed by atoms with Crippen molar-refractivity contribution in [3.63, 3.8) is 0 Å². The molecule has 0 saturated carbocycles. The summed E-state index contributed by atoms with van der Waals surface area (Å²) in [4.78, 5) is 40.6. The molecule has 1 aliphatic rings. The van der Waals surface area contributed by atoms with Crippen molar-refractivity contribution < 1.29 is 14.4 Å². The van der Waals surface area contributed by atoms with Crippen molar-refractivity contribution >= 4 is 39.3 Å². The summed E-state index contributed by atoms with van der Waals surface area (Å²) in [6, 6.07) is 7.46. The highest BCUT2D eigenvalue weighted by molar-refractivity contribution is 9.10. The normalized spacial score (nSPS) is 17.3. The molecule has 2 rings (SSSR count). The third-order valence-electron chi connectivity index (χ3n) is 4.16. The van der Waals surface area contributed by atoms with Crippen molar-refractivity contribution in [1.82, 2.24) is 10.2 Å². The highest BCUT2D eigenvalue weighted by atomic mass is 79.9. The Bertz CT molecular complexity index is 700. The molecule has 0 radical (unpaired) electrons. The maximum absolute atomic E-state index is 12.8. The van der Waals surface area contributed by atoms with Crippen molar-refractivity contribution in [3.05, 3.63) is 28.7 Å². The van der Waals surface area contributed by atoms with Crippen molar-refractivity contribution in [1.29, 1.82) is 0 Å². The molecule has 6 nitrogen and oxygen atoms in total. The van der Waals surface area contributed by atoms with Gasteiger partial charge in [0.1, 0.15) is 0 Å². The van der Waals surface area contributed by atoms with Gasteiger partial charge in [-0.3, -0.25) is 14.4 Å². The van der Waals surface area contributed by atoms with Gasteiger partial charge in [0.15, 0.2) is 0 Å². The minimum atomic E-state index is -0.433. The van der Waals surface area contributed by atoms with Gasteiger partial charge in [-0.25, -0.2) is 0 Å². The number of halogens is 1. The summed E-state index contributed by atoms with van der Waals surface area (Å²) in [7, 11) is 0. The van der Waals surface area contributed by atoms with E-state index in [2.05, 4.69) is 21.2 Å². The van der Waals surface area contributed by atoms with Gasteiger partial charge in [0.2, 0.25) is 17.7 Å². The molecule has 0 aromatic heterocycles. The summed E-state index contributed by atoms with van der Waals surface area (Å²) < 4.78 is 0.818. The smallest absolute Gasteiger partial charge is 0.240 e. The van der Waals surface area contributed by atoms with Gasteiger partial charge < -0.3 is 15.1 Å². The number of anilines is 1. The Morgan fingerprint density at radius 1 is 1.31 bits per heavy atom. The Morgan fingerprint density at radius 2 is 1.96 bits per heavy atom. The van der Waals surface area contributed by atoms with E-state index in [0.29, 0.717) is 13.1 Å². The van der Waals surface area contributed by atoms with Gasteiger partial charge in [-0.15, -0.1) is 0 Å². The second kappa shape index (κ2) is 8.20. The van der Waals surface area contributed by atoms with E-state index in [0.717, 1.165) is 10.2 Å². The molecular formula is C19H26BrN3O3. The Kier molecular flexibility index (Phi) is 6.44. The summed E-state index contributed by atoms with van der Waals surface area (Å²) in [6.45, 7) is 8.29. The monoisotopic (exact) mass is 423 g/mol. The predicted octanol–water partition coefficient (Wildman–Crippen LogP) is 2.57. The van der Waals surface area contributed by atoms with Crippen LogP contribution in [0.3, 0.4) is 0 Å². The number of hydrogen-bond donors (Lipinski definition) is 1. The van der Waals surface area contributed by atoms with Crippen LogP contribution in [0.25, 0.3) is 0 Å². The molecule has 0 bridgehead atoms. The first kappa shape index (κ1) is 20.4. The molecule has 1 heterocycles. The zero-order chi connectivity index (χ0) is 19.5. The van der Waals surface area contributed by atoms with E-state index in [1.807, 2.05) is 52.0 Å². The number of carbonyl (C=O) groups is 3. The maximum Gasteiger partial charge on any atom is 0.240 e. The van der Waals surface area contributed by atoms with Crippen molar-refractivity contribution in [2.75, 3.05) is 24.5 Å². The number of rotatable bonds is 5. The number of carbonyl (C=O) groups excluding carboxylic acids is 3. The van der Waals surface area contributed by atoms with Crippen molar-refractivity contribution in [2.45, 2.75) is 39.7 Å². The molecule has 0 spiro atoms. The lowest BCUT2D eigenvalue weighted by molar-refractivity contribution is -0.139. The molecule has 1 unspecified atom stereocenters. The van der Waals surface area contributed by atoms with Crippen LogP contribution in [0.4, 0.5) is 5.69 Å². The largest absolute Gasteiger partial charge is 0.350 e. The molecule has 26 heavy (non-hydrogen) atoms. The Hall–Kier alpha value is -1.89. The van der Waals surface area contributed by atoms with Crippen molar-refractivity contribution in [3.8, 4) is 0 Å². The van der Waals surface area contributed by atoms with Crippen LogP contribution in [0.15, 0.2) is 28.7 Å². The average molecular weight is 424 g/mol. The highest BCUT2D eigenvalue weighted by Crippen LogP contribution is 2.31. The zero-order valence-corrected chi connectivity index (χ0v) is 17.3. The van der Waals surface area contributed by atoms with Crippen LogP contribution >= 0.6 is 15.9 Å². The number of para-hydroxylation sites is 1. The molecular weight excluding hydrogens is 398 g/mol. The van der Waals surface area contributed by atoms with E-state index < -0.39 is 5.92 Å². The number of benzene rings is 1. The van der Waals surface area contributed by atoms with Crippen LogP contribution in [-0.4, -0.2) is 47.8 Å². The molecule has 0 aliphatic carbocycles. The molecule has 142 valence electrons. The Morgan fingerprint density at radius 3 is 2.54 bits per heavy atom. The molecule has 1 aromatic carbocycles. The molecule has 1 fully saturated rings. The summed E-state index contributed by atoms with van der Waals surface area (Å²) in [5, 5.41) is 2.86. The number of amides is 3. The van der Waals surface area contributed by atoms with Gasteiger partial charge in [0.05, 0.1) is 18.2 Å². The number of hydrogen-bond acceptors (Lipinski definition) is 3. The topological polar surface area (TPSA) is 69.7 Å². The third-order valence-corrected chi connectivity index (χ3v) is 4.83. The fourth-order valence-corrected chi connectivity index (χ4v) is 3.51. The Balaban J connectivity index is 2.06. The summed E-state index contributed by atoms with van der Waals surface area (Å²) in [6.07, 6.45) is 0.164. The van der Waals surface area contributed by atoms with Crippen LogP contribution in [0.5, 0.6) is 0 Å². The van der Waals surface area contributed by atoms with Crippen LogP contribution in [0.2, 0.25) is 0 Å². The summed E-state index contributed by atoms with van der Waals surface area (Å²) in [5.74, 6) is -0.860. The molecule has 1 N–H and O–H groups in total. The highest BCUT2D eigenvalue weighted by Gasteiger charge is 2.38. The lowest BCUT2D eigenvalue weighted by Crippen LogP contribution is -2.48. The molecule has 1 saturated heterocycles. The molecule has 1 aliphatic heterocycles. The van der Waals surface area contributed by atoms with Gasteiger partial charge >= 0.3 is 0 Å².